The second kappa shape index (κ2) is 5.21. The molecule has 0 spiro atoms. The van der Waals surface area contributed by atoms with E-state index in [9.17, 15) is 9.59 Å². The first kappa shape index (κ1) is 14.2. The van der Waals surface area contributed by atoms with Crippen LogP contribution in [0.4, 0.5) is 0 Å². The van der Waals surface area contributed by atoms with E-state index >= 15 is 0 Å². The summed E-state index contributed by atoms with van der Waals surface area (Å²) in [6.45, 7) is 7.31. The van der Waals surface area contributed by atoms with Gasteiger partial charge in [0, 0.05) is 5.56 Å². The number of rotatable bonds is 3. The number of aliphatic carboxylic acids is 1. The number of carboxylic acid groups (broad SMARTS) is 1. The summed E-state index contributed by atoms with van der Waals surface area (Å²) in [7, 11) is 0. The van der Waals surface area contributed by atoms with Crippen molar-refractivity contribution in [3.63, 3.8) is 0 Å². The molecular formula is C14H18O4. The van der Waals surface area contributed by atoms with E-state index in [0.717, 1.165) is 5.56 Å². The Labute approximate surface area is 107 Å². The SMILES string of the molecule is CC(C(=O)O)C(=O)Oc1ccccc1C(C)(C)C. The third kappa shape index (κ3) is 3.32. The molecule has 1 N–H and O–H groups in total. The number of ether oxygens (including phenoxy) is 1. The summed E-state index contributed by atoms with van der Waals surface area (Å²) in [6, 6.07) is 7.16. The van der Waals surface area contributed by atoms with Gasteiger partial charge in [0.25, 0.3) is 0 Å². The maximum Gasteiger partial charge on any atom is 0.325 e. The lowest BCUT2D eigenvalue weighted by atomic mass is 9.86. The van der Waals surface area contributed by atoms with Crippen molar-refractivity contribution in [1.29, 1.82) is 0 Å². The van der Waals surface area contributed by atoms with Crippen molar-refractivity contribution in [1.82, 2.24) is 0 Å². The molecule has 0 saturated carbocycles. The molecule has 0 amide bonds. The van der Waals surface area contributed by atoms with E-state index in [4.69, 9.17) is 9.84 Å². The van der Waals surface area contributed by atoms with E-state index in [-0.39, 0.29) is 5.41 Å². The minimum Gasteiger partial charge on any atom is -0.481 e. The number of hydrogen-bond donors (Lipinski definition) is 1. The second-order valence-corrected chi connectivity index (χ2v) is 5.23. The highest BCUT2D eigenvalue weighted by molar-refractivity contribution is 5.94. The summed E-state index contributed by atoms with van der Waals surface area (Å²) in [6.07, 6.45) is 0. The molecule has 4 nitrogen and oxygen atoms in total. The third-order valence-corrected chi connectivity index (χ3v) is 2.63. The van der Waals surface area contributed by atoms with Crippen LogP contribution in [-0.2, 0) is 15.0 Å². The van der Waals surface area contributed by atoms with Gasteiger partial charge in [0.05, 0.1) is 0 Å². The molecule has 4 heteroatoms. The van der Waals surface area contributed by atoms with Gasteiger partial charge >= 0.3 is 11.9 Å². The van der Waals surface area contributed by atoms with Crippen molar-refractivity contribution in [2.24, 2.45) is 5.92 Å². The molecule has 0 aromatic heterocycles. The van der Waals surface area contributed by atoms with Crippen LogP contribution < -0.4 is 4.74 Å². The van der Waals surface area contributed by atoms with E-state index in [0.29, 0.717) is 5.75 Å². The lowest BCUT2D eigenvalue weighted by Crippen LogP contribution is -2.26. The molecule has 1 aromatic carbocycles. The molecule has 0 radical (unpaired) electrons. The summed E-state index contributed by atoms with van der Waals surface area (Å²) >= 11 is 0. The molecule has 1 aromatic rings. The molecule has 0 aliphatic carbocycles. The average Bonchev–Trinajstić information content (AvgIpc) is 2.27. The topological polar surface area (TPSA) is 63.6 Å². The minimum atomic E-state index is -1.19. The monoisotopic (exact) mass is 250 g/mol. The second-order valence-electron chi connectivity index (χ2n) is 5.23. The van der Waals surface area contributed by atoms with Gasteiger partial charge in [0.2, 0.25) is 0 Å². The number of para-hydroxylation sites is 1. The number of hydrogen-bond acceptors (Lipinski definition) is 3. The van der Waals surface area contributed by atoms with Crippen LogP contribution in [0.5, 0.6) is 5.75 Å². The van der Waals surface area contributed by atoms with E-state index < -0.39 is 17.9 Å². The summed E-state index contributed by atoms with van der Waals surface area (Å²) in [4.78, 5) is 22.3. The van der Waals surface area contributed by atoms with E-state index in [1.807, 2.05) is 32.9 Å². The number of benzene rings is 1. The number of esters is 1. The Kier molecular flexibility index (Phi) is 4.11. The van der Waals surface area contributed by atoms with Crippen LogP contribution in [0.2, 0.25) is 0 Å². The van der Waals surface area contributed by atoms with Crippen LogP contribution in [0.3, 0.4) is 0 Å². The smallest absolute Gasteiger partial charge is 0.325 e. The van der Waals surface area contributed by atoms with Gasteiger partial charge in [-0.2, -0.15) is 0 Å². The fourth-order valence-electron chi connectivity index (χ4n) is 1.47. The fourth-order valence-corrected chi connectivity index (χ4v) is 1.47. The number of carboxylic acids is 1. The molecule has 0 bridgehead atoms. The van der Waals surface area contributed by atoms with E-state index in [1.165, 1.54) is 6.92 Å². The third-order valence-electron chi connectivity index (χ3n) is 2.63. The van der Waals surface area contributed by atoms with Crippen LogP contribution in [0.25, 0.3) is 0 Å². The molecule has 98 valence electrons. The predicted molar refractivity (Wildman–Crippen MR) is 67.6 cm³/mol. The lowest BCUT2D eigenvalue weighted by Gasteiger charge is -2.22. The highest BCUT2D eigenvalue weighted by atomic mass is 16.5. The summed E-state index contributed by atoms with van der Waals surface area (Å²) in [5.41, 5.74) is 0.694. The molecule has 0 saturated heterocycles. The Balaban J connectivity index is 2.99. The van der Waals surface area contributed by atoms with Gasteiger partial charge in [0.1, 0.15) is 5.75 Å². The van der Waals surface area contributed by atoms with Crippen molar-refractivity contribution < 1.29 is 19.4 Å². The lowest BCUT2D eigenvalue weighted by molar-refractivity contribution is -0.152. The Bertz CT molecular complexity index is 457. The van der Waals surface area contributed by atoms with Gasteiger partial charge in [-0.3, -0.25) is 9.59 Å². The zero-order valence-corrected chi connectivity index (χ0v) is 11.1. The van der Waals surface area contributed by atoms with Gasteiger partial charge in [-0.25, -0.2) is 0 Å². The first-order valence-electron chi connectivity index (χ1n) is 5.77. The molecule has 0 heterocycles. The maximum atomic E-state index is 11.6. The standard InChI is InChI=1S/C14H18O4/c1-9(12(15)16)13(17)18-11-8-6-5-7-10(11)14(2,3)4/h5-9H,1-4H3,(H,15,16). The van der Waals surface area contributed by atoms with Gasteiger partial charge in [-0.15, -0.1) is 0 Å². The molecule has 1 atom stereocenters. The van der Waals surface area contributed by atoms with Crippen LogP contribution in [0.15, 0.2) is 24.3 Å². The molecular weight excluding hydrogens is 232 g/mol. The molecule has 1 rings (SSSR count). The minimum absolute atomic E-state index is 0.177. The predicted octanol–water partition coefficient (Wildman–Crippen LogP) is 2.61. The summed E-state index contributed by atoms with van der Waals surface area (Å²) < 4.78 is 5.18. The van der Waals surface area contributed by atoms with Crippen molar-refractivity contribution in [3.8, 4) is 5.75 Å². The van der Waals surface area contributed by atoms with Gasteiger partial charge in [-0.1, -0.05) is 39.0 Å². The molecule has 0 fully saturated rings. The van der Waals surface area contributed by atoms with Gasteiger partial charge in [0.15, 0.2) is 5.92 Å². The van der Waals surface area contributed by atoms with Crippen molar-refractivity contribution >= 4 is 11.9 Å². The Morgan fingerprint density at radius 3 is 2.28 bits per heavy atom. The average molecular weight is 250 g/mol. The highest BCUT2D eigenvalue weighted by Gasteiger charge is 2.25. The zero-order chi connectivity index (χ0) is 13.9. The normalized spacial score (nSPS) is 12.9. The van der Waals surface area contributed by atoms with Crippen LogP contribution >= 0.6 is 0 Å². The summed E-state index contributed by atoms with van der Waals surface area (Å²) in [5, 5.41) is 8.76. The van der Waals surface area contributed by atoms with Gasteiger partial charge in [-0.05, 0) is 18.4 Å². The van der Waals surface area contributed by atoms with Crippen LogP contribution in [0, 0.1) is 5.92 Å². The first-order chi connectivity index (χ1) is 8.23. The van der Waals surface area contributed by atoms with Crippen molar-refractivity contribution in [3.05, 3.63) is 29.8 Å². The quantitative estimate of drug-likeness (QED) is 0.509. The molecule has 1 unspecified atom stereocenters. The molecule has 0 aliphatic heterocycles. The van der Waals surface area contributed by atoms with Crippen LogP contribution in [-0.4, -0.2) is 17.0 Å². The Hall–Kier alpha value is -1.84. The van der Waals surface area contributed by atoms with Crippen molar-refractivity contribution in [2.75, 3.05) is 0 Å². The Morgan fingerprint density at radius 2 is 1.78 bits per heavy atom. The summed E-state index contributed by atoms with van der Waals surface area (Å²) in [5.74, 6) is -2.69. The maximum absolute atomic E-state index is 11.6. The number of carbonyl (C=O) groups excluding carboxylic acids is 1. The van der Waals surface area contributed by atoms with Crippen molar-refractivity contribution in [2.45, 2.75) is 33.1 Å². The van der Waals surface area contributed by atoms with E-state index in [1.54, 1.807) is 12.1 Å². The number of carbonyl (C=O) groups is 2. The fraction of sp³-hybridized carbons (Fsp3) is 0.429. The van der Waals surface area contributed by atoms with E-state index in [2.05, 4.69) is 0 Å². The first-order valence-corrected chi connectivity index (χ1v) is 5.77. The zero-order valence-electron chi connectivity index (χ0n) is 11.1. The van der Waals surface area contributed by atoms with Crippen LogP contribution in [0.1, 0.15) is 33.3 Å². The van der Waals surface area contributed by atoms with Gasteiger partial charge < -0.3 is 9.84 Å². The largest absolute Gasteiger partial charge is 0.481 e. The highest BCUT2D eigenvalue weighted by Crippen LogP contribution is 2.31. The molecule has 0 aliphatic rings. The Morgan fingerprint density at radius 1 is 1.22 bits per heavy atom. The molecule has 18 heavy (non-hydrogen) atoms.